The Morgan fingerprint density at radius 3 is 2.95 bits per heavy atom. The van der Waals surface area contributed by atoms with Crippen molar-refractivity contribution in [3.05, 3.63) is 22.4 Å². The summed E-state index contributed by atoms with van der Waals surface area (Å²) >= 11 is 1.61. The molecule has 1 fully saturated rings. The Balaban J connectivity index is 2.11. The first-order chi connectivity index (χ1) is 9.17. The number of carbonyl (C=O) groups excluding carboxylic acids is 2. The highest BCUT2D eigenvalue weighted by atomic mass is 32.1. The van der Waals surface area contributed by atoms with Crippen LogP contribution in [0, 0.1) is 0 Å². The standard InChI is InChI=1S/C13H18N2O3S/c1-3-9-13(17)15(7-6-11(16)18-2)12(14-9)10-5-4-8-19-10/h4-5,8-9,12,14H,3,6-7H2,1-2H3. The van der Waals surface area contributed by atoms with Crippen molar-refractivity contribution in [2.24, 2.45) is 0 Å². The number of amides is 1. The zero-order valence-electron chi connectivity index (χ0n) is 11.1. The number of hydrogen-bond donors (Lipinski definition) is 1. The molecule has 2 heterocycles. The third-order valence-corrected chi connectivity index (χ3v) is 4.18. The monoisotopic (exact) mass is 282 g/mol. The van der Waals surface area contributed by atoms with E-state index in [4.69, 9.17) is 0 Å². The van der Waals surface area contributed by atoms with Gasteiger partial charge in [-0.1, -0.05) is 13.0 Å². The van der Waals surface area contributed by atoms with E-state index in [-0.39, 0.29) is 30.5 Å². The third kappa shape index (κ3) is 2.96. The molecule has 104 valence electrons. The predicted molar refractivity (Wildman–Crippen MR) is 72.6 cm³/mol. The molecule has 2 rings (SSSR count). The van der Waals surface area contributed by atoms with E-state index < -0.39 is 0 Å². The second kappa shape index (κ2) is 6.16. The molecule has 19 heavy (non-hydrogen) atoms. The third-order valence-electron chi connectivity index (χ3n) is 3.26. The lowest BCUT2D eigenvalue weighted by molar-refractivity contribution is -0.141. The molecular formula is C13H18N2O3S. The van der Waals surface area contributed by atoms with Crippen LogP contribution in [0.15, 0.2) is 17.5 Å². The van der Waals surface area contributed by atoms with Gasteiger partial charge in [-0.2, -0.15) is 0 Å². The van der Waals surface area contributed by atoms with Gasteiger partial charge < -0.3 is 9.64 Å². The van der Waals surface area contributed by atoms with Gasteiger partial charge in [0.1, 0.15) is 6.17 Å². The van der Waals surface area contributed by atoms with Crippen molar-refractivity contribution in [2.45, 2.75) is 32.0 Å². The Morgan fingerprint density at radius 2 is 2.37 bits per heavy atom. The maximum Gasteiger partial charge on any atom is 0.307 e. The van der Waals surface area contributed by atoms with Gasteiger partial charge in [-0.3, -0.25) is 14.9 Å². The summed E-state index contributed by atoms with van der Waals surface area (Å²) in [5.41, 5.74) is 0. The molecule has 1 aliphatic rings. The maximum absolute atomic E-state index is 12.3. The molecule has 2 unspecified atom stereocenters. The van der Waals surface area contributed by atoms with Crippen LogP contribution in [0.3, 0.4) is 0 Å². The molecule has 0 radical (unpaired) electrons. The van der Waals surface area contributed by atoms with Crippen LogP contribution in [0.1, 0.15) is 30.8 Å². The van der Waals surface area contributed by atoms with E-state index in [1.807, 2.05) is 24.4 Å². The summed E-state index contributed by atoms with van der Waals surface area (Å²) in [4.78, 5) is 26.3. The molecule has 1 N–H and O–H groups in total. The van der Waals surface area contributed by atoms with Gasteiger partial charge in [-0.05, 0) is 17.9 Å². The smallest absolute Gasteiger partial charge is 0.307 e. The van der Waals surface area contributed by atoms with Crippen LogP contribution in [0.25, 0.3) is 0 Å². The predicted octanol–water partition coefficient (Wildman–Crippen LogP) is 1.52. The van der Waals surface area contributed by atoms with Gasteiger partial charge in [0, 0.05) is 11.4 Å². The highest BCUT2D eigenvalue weighted by Gasteiger charge is 2.38. The summed E-state index contributed by atoms with van der Waals surface area (Å²) in [7, 11) is 1.36. The molecule has 0 spiro atoms. The lowest BCUT2D eigenvalue weighted by Crippen LogP contribution is -2.32. The normalized spacial score (nSPS) is 22.8. The molecule has 5 nitrogen and oxygen atoms in total. The number of methoxy groups -OCH3 is 1. The molecule has 6 heteroatoms. The summed E-state index contributed by atoms with van der Waals surface area (Å²) in [6, 6.07) is 3.80. The van der Waals surface area contributed by atoms with E-state index >= 15 is 0 Å². The summed E-state index contributed by atoms with van der Waals surface area (Å²) in [6.07, 6.45) is 0.847. The van der Waals surface area contributed by atoms with Crippen LogP contribution in [0.4, 0.5) is 0 Å². The number of rotatable bonds is 5. The van der Waals surface area contributed by atoms with Gasteiger partial charge in [0.2, 0.25) is 5.91 Å². The van der Waals surface area contributed by atoms with Crippen LogP contribution >= 0.6 is 11.3 Å². The summed E-state index contributed by atoms with van der Waals surface area (Å²) in [6.45, 7) is 2.36. The lowest BCUT2D eigenvalue weighted by atomic mass is 10.2. The SMILES string of the molecule is CCC1NC(c2cccs2)N(CCC(=O)OC)C1=O. The molecule has 1 aromatic rings. The van der Waals surface area contributed by atoms with Crippen molar-refractivity contribution in [2.75, 3.05) is 13.7 Å². The molecule has 1 saturated heterocycles. The number of hydrogen-bond acceptors (Lipinski definition) is 5. The van der Waals surface area contributed by atoms with Crippen LogP contribution in [0.2, 0.25) is 0 Å². The summed E-state index contributed by atoms with van der Waals surface area (Å²) < 4.78 is 4.63. The molecular weight excluding hydrogens is 264 g/mol. The number of nitrogens with zero attached hydrogens (tertiary/aromatic N) is 1. The minimum absolute atomic E-state index is 0.0600. The van der Waals surface area contributed by atoms with E-state index in [0.717, 1.165) is 11.3 Å². The van der Waals surface area contributed by atoms with Crippen LogP contribution in [0.5, 0.6) is 0 Å². The van der Waals surface area contributed by atoms with Crippen molar-refractivity contribution < 1.29 is 14.3 Å². The van der Waals surface area contributed by atoms with Crippen LogP contribution in [-0.2, 0) is 14.3 Å². The van der Waals surface area contributed by atoms with Crippen LogP contribution in [-0.4, -0.2) is 36.5 Å². The first-order valence-electron chi connectivity index (χ1n) is 6.34. The molecule has 0 saturated carbocycles. The van der Waals surface area contributed by atoms with E-state index in [0.29, 0.717) is 6.54 Å². The summed E-state index contributed by atoms with van der Waals surface area (Å²) in [5.74, 6) is -0.234. The molecule has 2 atom stereocenters. The zero-order valence-corrected chi connectivity index (χ0v) is 11.9. The Kier molecular flexibility index (Phi) is 4.55. The minimum Gasteiger partial charge on any atom is -0.469 e. The van der Waals surface area contributed by atoms with Gasteiger partial charge in [0.25, 0.3) is 0 Å². The molecule has 0 aliphatic carbocycles. The number of carbonyl (C=O) groups is 2. The molecule has 1 aliphatic heterocycles. The first-order valence-corrected chi connectivity index (χ1v) is 7.22. The van der Waals surface area contributed by atoms with Gasteiger partial charge >= 0.3 is 5.97 Å². The molecule has 0 aromatic carbocycles. The number of nitrogens with one attached hydrogen (secondary N) is 1. The molecule has 1 aromatic heterocycles. The topological polar surface area (TPSA) is 58.6 Å². The number of esters is 1. The van der Waals surface area contributed by atoms with E-state index in [1.165, 1.54) is 7.11 Å². The first kappa shape index (κ1) is 14.0. The minimum atomic E-state index is -0.294. The average Bonchev–Trinajstić information content (AvgIpc) is 3.04. The van der Waals surface area contributed by atoms with Gasteiger partial charge in [0.15, 0.2) is 0 Å². The maximum atomic E-state index is 12.3. The van der Waals surface area contributed by atoms with E-state index in [1.54, 1.807) is 16.2 Å². The second-order valence-corrected chi connectivity index (χ2v) is 5.38. The van der Waals surface area contributed by atoms with Gasteiger partial charge in [-0.25, -0.2) is 0 Å². The Hall–Kier alpha value is -1.40. The fourth-order valence-corrected chi connectivity index (χ4v) is 3.00. The fraction of sp³-hybridized carbons (Fsp3) is 0.538. The van der Waals surface area contributed by atoms with E-state index in [2.05, 4.69) is 10.1 Å². The van der Waals surface area contributed by atoms with Gasteiger partial charge in [0.05, 0.1) is 19.6 Å². The number of ether oxygens (including phenoxy) is 1. The molecule has 1 amide bonds. The van der Waals surface area contributed by atoms with E-state index in [9.17, 15) is 9.59 Å². The van der Waals surface area contributed by atoms with Gasteiger partial charge in [-0.15, -0.1) is 11.3 Å². The Bertz CT molecular complexity index is 447. The zero-order chi connectivity index (χ0) is 13.8. The van der Waals surface area contributed by atoms with Crippen molar-refractivity contribution in [1.29, 1.82) is 0 Å². The highest BCUT2D eigenvalue weighted by Crippen LogP contribution is 2.29. The molecule has 0 bridgehead atoms. The second-order valence-electron chi connectivity index (χ2n) is 4.40. The van der Waals surface area contributed by atoms with Crippen molar-refractivity contribution in [3.8, 4) is 0 Å². The lowest BCUT2D eigenvalue weighted by Gasteiger charge is -2.22. The number of thiophene rings is 1. The fourth-order valence-electron chi connectivity index (χ4n) is 2.21. The average molecular weight is 282 g/mol. The van der Waals surface area contributed by atoms with Crippen molar-refractivity contribution in [3.63, 3.8) is 0 Å². The Morgan fingerprint density at radius 1 is 1.58 bits per heavy atom. The quantitative estimate of drug-likeness (QED) is 0.832. The largest absolute Gasteiger partial charge is 0.469 e. The van der Waals surface area contributed by atoms with Crippen LogP contribution < -0.4 is 5.32 Å². The van der Waals surface area contributed by atoms with Crippen molar-refractivity contribution >= 4 is 23.2 Å². The van der Waals surface area contributed by atoms with Crippen molar-refractivity contribution in [1.82, 2.24) is 10.2 Å². The summed E-state index contributed by atoms with van der Waals surface area (Å²) in [5, 5.41) is 5.30. The highest BCUT2D eigenvalue weighted by molar-refractivity contribution is 7.10. The Labute approximate surface area is 116 Å².